The van der Waals surface area contributed by atoms with Crippen LogP contribution in [0.25, 0.3) is 11.5 Å². The van der Waals surface area contributed by atoms with E-state index < -0.39 is 34.9 Å². The van der Waals surface area contributed by atoms with Crippen LogP contribution in [0.2, 0.25) is 0 Å². The van der Waals surface area contributed by atoms with Crippen molar-refractivity contribution in [3.8, 4) is 11.5 Å². The maximum absolute atomic E-state index is 13.5. The molecule has 3 rings (SSSR count). The number of hydrogen-bond acceptors (Lipinski definition) is 7. The Bertz CT molecular complexity index is 1310. The van der Waals surface area contributed by atoms with Crippen LogP contribution in [0.15, 0.2) is 53.1 Å². The number of carboxylic acid groups (broad SMARTS) is 1. The summed E-state index contributed by atoms with van der Waals surface area (Å²) < 4.78 is 45.4. The molecule has 3 aromatic rings. The largest absolute Gasteiger partial charge is 0.481 e. The number of amides is 2. The van der Waals surface area contributed by atoms with E-state index in [0.717, 1.165) is 0 Å². The van der Waals surface area contributed by atoms with Crippen molar-refractivity contribution in [1.82, 2.24) is 15.3 Å². The summed E-state index contributed by atoms with van der Waals surface area (Å²) in [6, 6.07) is 10.9. The van der Waals surface area contributed by atoms with Gasteiger partial charge in [0.1, 0.15) is 5.82 Å². The van der Waals surface area contributed by atoms with E-state index >= 15 is 0 Å². The van der Waals surface area contributed by atoms with Crippen molar-refractivity contribution in [2.45, 2.75) is 45.7 Å². The lowest BCUT2D eigenvalue weighted by molar-refractivity contribution is -0.153. The third kappa shape index (κ3) is 7.58. The van der Waals surface area contributed by atoms with E-state index in [0.29, 0.717) is 43.7 Å². The summed E-state index contributed by atoms with van der Waals surface area (Å²) in [7, 11) is 0. The van der Waals surface area contributed by atoms with Crippen LogP contribution in [0, 0.1) is 5.41 Å². The van der Waals surface area contributed by atoms with E-state index in [-0.39, 0.29) is 23.9 Å². The van der Waals surface area contributed by atoms with Gasteiger partial charge in [-0.3, -0.25) is 14.4 Å². The standard InChI is InChI=1S/C27H30F3N5O5/c1-3-26(4-2,25(38)39)15-20(36)32-14-8-13-31-19-12-11-18(16-33-19)34-23(37)21-22(27(28,29)30)40-24(35-21)17-9-6-5-7-10-17/h5-7,9-12,16H,3-4,8,13-15H2,1-2H3,(H,31,33)(H,32,36)(H,34,37)(H,38,39). The van der Waals surface area contributed by atoms with Gasteiger partial charge in [0.15, 0.2) is 5.69 Å². The van der Waals surface area contributed by atoms with Crippen LogP contribution >= 0.6 is 0 Å². The SMILES string of the molecule is CCC(CC)(CC(=O)NCCCNc1ccc(NC(=O)c2nc(-c3ccccc3)oc2C(F)(F)F)cn1)C(=O)O. The van der Waals surface area contributed by atoms with Gasteiger partial charge >= 0.3 is 12.1 Å². The fraction of sp³-hybridized carbons (Fsp3) is 0.370. The zero-order valence-corrected chi connectivity index (χ0v) is 22.0. The molecule has 0 aliphatic carbocycles. The predicted octanol–water partition coefficient (Wildman–Crippen LogP) is 5.21. The second-order valence-electron chi connectivity index (χ2n) is 9.05. The Kier molecular flexibility index (Phi) is 9.86. The zero-order chi connectivity index (χ0) is 29.3. The average molecular weight is 562 g/mol. The van der Waals surface area contributed by atoms with Crippen LogP contribution in [0.4, 0.5) is 24.7 Å². The van der Waals surface area contributed by atoms with Crippen LogP contribution in [0.5, 0.6) is 0 Å². The van der Waals surface area contributed by atoms with Crippen LogP contribution in [0.1, 0.15) is 55.8 Å². The molecular weight excluding hydrogens is 531 g/mol. The topological polar surface area (TPSA) is 146 Å². The minimum absolute atomic E-state index is 0.0934. The number of hydrogen-bond donors (Lipinski definition) is 4. The minimum atomic E-state index is -4.93. The Morgan fingerprint density at radius 2 is 1.70 bits per heavy atom. The molecule has 2 heterocycles. The molecule has 0 atom stereocenters. The van der Waals surface area contributed by atoms with Crippen LogP contribution in [-0.2, 0) is 15.8 Å². The van der Waals surface area contributed by atoms with Gasteiger partial charge in [0, 0.05) is 25.1 Å². The van der Waals surface area contributed by atoms with E-state index in [1.807, 2.05) is 0 Å². The summed E-state index contributed by atoms with van der Waals surface area (Å²) in [6.07, 6.45) is -2.51. The van der Waals surface area contributed by atoms with Gasteiger partial charge in [-0.15, -0.1) is 0 Å². The predicted molar refractivity (Wildman–Crippen MR) is 141 cm³/mol. The number of carboxylic acids is 1. The molecule has 0 aliphatic heterocycles. The van der Waals surface area contributed by atoms with E-state index in [1.54, 1.807) is 32.0 Å². The third-order valence-electron chi connectivity index (χ3n) is 6.43. The minimum Gasteiger partial charge on any atom is -0.481 e. The molecule has 13 heteroatoms. The summed E-state index contributed by atoms with van der Waals surface area (Å²) in [5.74, 6) is -3.81. The molecule has 214 valence electrons. The summed E-state index contributed by atoms with van der Waals surface area (Å²) in [5.41, 5.74) is -1.53. The lowest BCUT2D eigenvalue weighted by atomic mass is 9.79. The molecule has 0 saturated carbocycles. The quantitative estimate of drug-likeness (QED) is 0.208. The van der Waals surface area contributed by atoms with E-state index in [9.17, 15) is 32.7 Å². The third-order valence-corrected chi connectivity index (χ3v) is 6.43. The first-order valence-corrected chi connectivity index (χ1v) is 12.6. The van der Waals surface area contributed by atoms with Crippen LogP contribution < -0.4 is 16.0 Å². The maximum atomic E-state index is 13.5. The van der Waals surface area contributed by atoms with Crippen molar-refractivity contribution in [2.24, 2.45) is 5.41 Å². The first-order chi connectivity index (χ1) is 19.0. The Morgan fingerprint density at radius 1 is 1.00 bits per heavy atom. The molecule has 10 nitrogen and oxygen atoms in total. The Balaban J connectivity index is 1.52. The molecule has 2 amide bonds. The molecule has 0 spiro atoms. The number of benzene rings is 1. The molecule has 0 saturated heterocycles. The number of oxazole rings is 1. The molecule has 0 radical (unpaired) electrons. The molecular formula is C27H30F3N5O5. The van der Waals surface area contributed by atoms with Crippen molar-refractivity contribution in [1.29, 1.82) is 0 Å². The number of carbonyl (C=O) groups excluding carboxylic acids is 2. The molecule has 0 unspecified atom stereocenters. The van der Waals surface area contributed by atoms with Crippen LogP contribution in [0.3, 0.4) is 0 Å². The molecule has 4 N–H and O–H groups in total. The Hall–Kier alpha value is -4.42. The first kappa shape index (κ1) is 30.1. The Morgan fingerprint density at radius 3 is 2.27 bits per heavy atom. The highest BCUT2D eigenvalue weighted by Crippen LogP contribution is 2.35. The van der Waals surface area contributed by atoms with Crippen molar-refractivity contribution < 1.29 is 37.1 Å². The van der Waals surface area contributed by atoms with Crippen LogP contribution in [-0.4, -0.2) is 45.9 Å². The molecule has 2 aromatic heterocycles. The van der Waals surface area contributed by atoms with Crippen molar-refractivity contribution in [2.75, 3.05) is 23.7 Å². The number of anilines is 2. The summed E-state index contributed by atoms with van der Waals surface area (Å²) >= 11 is 0. The van der Waals surface area contributed by atoms with Gasteiger partial charge in [-0.2, -0.15) is 13.2 Å². The van der Waals surface area contributed by atoms with Gasteiger partial charge in [-0.05, 0) is 43.5 Å². The van der Waals surface area contributed by atoms with Gasteiger partial charge in [0.2, 0.25) is 17.6 Å². The Labute approximate surface area is 228 Å². The maximum Gasteiger partial charge on any atom is 0.452 e. The van der Waals surface area contributed by atoms with Crippen molar-refractivity contribution >= 4 is 29.3 Å². The lowest BCUT2D eigenvalue weighted by Crippen LogP contribution is -2.37. The van der Waals surface area contributed by atoms with E-state index in [1.165, 1.54) is 30.5 Å². The summed E-state index contributed by atoms with van der Waals surface area (Å²) in [5, 5.41) is 17.5. The van der Waals surface area contributed by atoms with Gasteiger partial charge in [0.25, 0.3) is 5.91 Å². The molecule has 40 heavy (non-hydrogen) atoms. The number of aromatic nitrogens is 2. The molecule has 0 bridgehead atoms. The number of carbonyl (C=O) groups is 3. The van der Waals surface area contributed by atoms with E-state index in [2.05, 4.69) is 25.9 Å². The van der Waals surface area contributed by atoms with Crippen molar-refractivity contribution in [3.05, 3.63) is 60.1 Å². The highest BCUT2D eigenvalue weighted by molar-refractivity contribution is 6.04. The van der Waals surface area contributed by atoms with Gasteiger partial charge in [-0.1, -0.05) is 32.0 Å². The fourth-order valence-electron chi connectivity index (χ4n) is 3.91. The summed E-state index contributed by atoms with van der Waals surface area (Å²) in [4.78, 5) is 44.3. The monoisotopic (exact) mass is 561 g/mol. The normalized spacial score (nSPS) is 11.6. The van der Waals surface area contributed by atoms with E-state index in [4.69, 9.17) is 4.42 Å². The van der Waals surface area contributed by atoms with Crippen molar-refractivity contribution in [3.63, 3.8) is 0 Å². The van der Waals surface area contributed by atoms with Gasteiger partial charge in [-0.25, -0.2) is 9.97 Å². The number of pyridine rings is 1. The number of rotatable bonds is 13. The number of nitrogens with one attached hydrogen (secondary N) is 3. The second kappa shape index (κ2) is 13.1. The molecule has 0 aliphatic rings. The van der Waals surface area contributed by atoms with Gasteiger partial charge in [0.05, 0.1) is 17.3 Å². The number of nitrogens with zero attached hydrogens (tertiary/aromatic N) is 2. The number of halogens is 3. The molecule has 1 aromatic carbocycles. The zero-order valence-electron chi connectivity index (χ0n) is 22.0. The second-order valence-corrected chi connectivity index (χ2v) is 9.05. The lowest BCUT2D eigenvalue weighted by Gasteiger charge is -2.25. The number of alkyl halides is 3. The molecule has 0 fully saturated rings. The smallest absolute Gasteiger partial charge is 0.452 e. The fourth-order valence-corrected chi connectivity index (χ4v) is 3.91. The highest BCUT2D eigenvalue weighted by Gasteiger charge is 2.42. The average Bonchev–Trinajstić information content (AvgIpc) is 3.40. The summed E-state index contributed by atoms with van der Waals surface area (Å²) in [6.45, 7) is 4.25. The highest BCUT2D eigenvalue weighted by atomic mass is 19.4. The number of aliphatic carboxylic acids is 1. The first-order valence-electron chi connectivity index (χ1n) is 12.6. The van der Waals surface area contributed by atoms with Gasteiger partial charge < -0.3 is 25.5 Å².